The van der Waals surface area contributed by atoms with Crippen molar-refractivity contribution in [1.29, 1.82) is 0 Å². The zero-order valence-corrected chi connectivity index (χ0v) is 14.3. The van der Waals surface area contributed by atoms with E-state index in [0.29, 0.717) is 0 Å². The van der Waals surface area contributed by atoms with E-state index < -0.39 is 7.92 Å². The number of benzene rings is 3. The summed E-state index contributed by atoms with van der Waals surface area (Å²) in [5, 5.41) is 4.14. The second kappa shape index (κ2) is 6.56. The van der Waals surface area contributed by atoms with Crippen LogP contribution in [0, 0.1) is 6.92 Å². The Morgan fingerprint density at radius 2 is 1.24 bits per heavy atom. The zero-order chi connectivity index (χ0) is 14.7. The van der Waals surface area contributed by atoms with E-state index in [1.165, 1.54) is 25.9 Å². The average Bonchev–Trinajstić information content (AvgIpc) is 2.53. The number of rotatable bonds is 3. The molecule has 0 atom stereocenters. The average molecular weight is 355 g/mol. The van der Waals surface area contributed by atoms with Crippen molar-refractivity contribution in [3.63, 3.8) is 0 Å². The molecule has 0 nitrogen and oxygen atoms in total. The van der Waals surface area contributed by atoms with Crippen LogP contribution >= 0.6 is 23.9 Å². The van der Waals surface area contributed by atoms with Crippen molar-refractivity contribution < 1.29 is 0 Å². The third-order valence-corrected chi connectivity index (χ3v) is 6.85. The molecule has 0 amide bonds. The van der Waals surface area contributed by atoms with Crippen LogP contribution in [0.2, 0.25) is 0 Å². The van der Waals surface area contributed by atoms with Gasteiger partial charge in [0.2, 0.25) is 0 Å². The number of halogens is 1. The van der Waals surface area contributed by atoms with Crippen LogP contribution in [0.3, 0.4) is 0 Å². The van der Waals surface area contributed by atoms with E-state index >= 15 is 0 Å². The molecule has 0 saturated heterocycles. The van der Waals surface area contributed by atoms with E-state index in [1.54, 1.807) is 0 Å². The fourth-order valence-corrected chi connectivity index (χ4v) is 5.57. The summed E-state index contributed by atoms with van der Waals surface area (Å²) in [5.41, 5.74) is 1.30. The Balaban J connectivity index is 2.20. The molecule has 0 aliphatic heterocycles. The van der Waals surface area contributed by atoms with Crippen molar-refractivity contribution in [2.45, 2.75) is 6.92 Å². The number of hydrogen-bond acceptors (Lipinski definition) is 0. The molecule has 0 aromatic heterocycles. The maximum Gasteiger partial charge on any atom is 0.0258 e. The predicted octanol–water partition coefficient (Wildman–Crippen LogP) is 4.52. The highest BCUT2D eigenvalue weighted by Crippen LogP contribution is 2.35. The lowest BCUT2D eigenvalue weighted by Gasteiger charge is -2.21. The van der Waals surface area contributed by atoms with E-state index in [9.17, 15) is 0 Å². The Hall–Kier alpha value is -1.43. The summed E-state index contributed by atoms with van der Waals surface area (Å²) >= 11 is 3.74. The summed E-state index contributed by atoms with van der Waals surface area (Å²) in [6.45, 7) is 2.15. The Labute approximate surface area is 135 Å². The van der Waals surface area contributed by atoms with Gasteiger partial charge in [-0.15, -0.1) is 0 Å². The van der Waals surface area contributed by atoms with Gasteiger partial charge in [0.1, 0.15) is 0 Å². The van der Waals surface area contributed by atoms with Gasteiger partial charge in [0.25, 0.3) is 0 Å². The maximum absolute atomic E-state index is 3.74. The van der Waals surface area contributed by atoms with Gasteiger partial charge in [-0.25, -0.2) is 0 Å². The molecule has 0 heterocycles. The highest BCUT2D eigenvalue weighted by Gasteiger charge is 2.18. The number of aryl methyl sites for hydroxylation is 1. The van der Waals surface area contributed by atoms with Crippen molar-refractivity contribution >= 4 is 39.8 Å². The van der Waals surface area contributed by atoms with E-state index in [0.717, 1.165) is 0 Å². The van der Waals surface area contributed by atoms with Crippen molar-refractivity contribution in [1.82, 2.24) is 0 Å². The van der Waals surface area contributed by atoms with E-state index in [4.69, 9.17) is 0 Å². The minimum absolute atomic E-state index is 0.530. The molecule has 2 heteroatoms. The Bertz CT molecular complexity index is 684. The molecule has 3 rings (SSSR count). The summed E-state index contributed by atoms with van der Waals surface area (Å²) < 4.78 is 1.19. The lowest BCUT2D eigenvalue weighted by atomic mass is 10.2. The lowest BCUT2D eigenvalue weighted by molar-refractivity contribution is 1.48. The van der Waals surface area contributed by atoms with Crippen LogP contribution in [-0.4, -0.2) is 0 Å². The third kappa shape index (κ3) is 3.26. The topological polar surface area (TPSA) is 0 Å². The first-order chi connectivity index (χ1) is 10.3. The first-order valence-corrected chi connectivity index (χ1v) is 9.05. The molecule has 0 saturated carbocycles. The monoisotopic (exact) mass is 354 g/mol. The molecule has 3 aromatic carbocycles. The summed E-state index contributed by atoms with van der Waals surface area (Å²) in [5.74, 6) is 0. The van der Waals surface area contributed by atoms with Gasteiger partial charge in [-0.05, 0) is 42.9 Å². The largest absolute Gasteiger partial charge is 0.0622 e. The Morgan fingerprint density at radius 3 is 1.76 bits per heavy atom. The highest BCUT2D eigenvalue weighted by molar-refractivity contribution is 9.10. The van der Waals surface area contributed by atoms with Crippen LogP contribution < -0.4 is 15.9 Å². The van der Waals surface area contributed by atoms with Crippen molar-refractivity contribution in [2.24, 2.45) is 0 Å². The van der Waals surface area contributed by atoms with Crippen molar-refractivity contribution in [3.05, 3.63) is 88.9 Å². The first kappa shape index (κ1) is 14.5. The second-order valence-corrected chi connectivity index (χ2v) is 8.00. The van der Waals surface area contributed by atoms with Crippen LogP contribution in [0.1, 0.15) is 5.56 Å². The molecular weight excluding hydrogens is 339 g/mol. The second-order valence-electron chi connectivity index (χ2n) is 4.96. The van der Waals surface area contributed by atoms with Crippen LogP contribution in [0.15, 0.2) is 83.3 Å². The van der Waals surface area contributed by atoms with Gasteiger partial charge >= 0.3 is 0 Å². The van der Waals surface area contributed by atoms with Gasteiger partial charge in [0.15, 0.2) is 0 Å². The van der Waals surface area contributed by atoms with Crippen LogP contribution in [0.4, 0.5) is 0 Å². The predicted molar refractivity (Wildman–Crippen MR) is 97.6 cm³/mol. The fourth-order valence-electron chi connectivity index (χ4n) is 2.38. The molecule has 0 N–H and O–H groups in total. The van der Waals surface area contributed by atoms with E-state index in [-0.39, 0.29) is 0 Å². The van der Waals surface area contributed by atoms with Gasteiger partial charge in [-0.1, -0.05) is 88.2 Å². The molecule has 0 aliphatic carbocycles. The molecule has 0 unspecified atom stereocenters. The van der Waals surface area contributed by atoms with Gasteiger partial charge in [0.05, 0.1) is 0 Å². The maximum atomic E-state index is 3.74. The minimum atomic E-state index is -0.530. The Kier molecular flexibility index (Phi) is 4.53. The molecule has 0 spiro atoms. The molecular formula is C19H16BrP. The summed E-state index contributed by atoms with van der Waals surface area (Å²) in [4.78, 5) is 0. The van der Waals surface area contributed by atoms with Gasteiger partial charge < -0.3 is 0 Å². The highest BCUT2D eigenvalue weighted by atomic mass is 79.9. The molecule has 0 fully saturated rings. The molecule has 3 aromatic rings. The van der Waals surface area contributed by atoms with Crippen LogP contribution in [0.5, 0.6) is 0 Å². The number of hydrogen-bond donors (Lipinski definition) is 0. The van der Waals surface area contributed by atoms with E-state index in [2.05, 4.69) is 102 Å². The van der Waals surface area contributed by atoms with Crippen LogP contribution in [0.25, 0.3) is 0 Å². The SMILES string of the molecule is Cc1ccc(Br)c(P(c2ccccc2)c2ccccc2)c1. The molecule has 0 radical (unpaired) electrons. The van der Waals surface area contributed by atoms with Gasteiger partial charge in [0, 0.05) is 4.47 Å². The smallest absolute Gasteiger partial charge is 0.0258 e. The third-order valence-electron chi connectivity index (χ3n) is 3.37. The molecule has 0 bridgehead atoms. The quantitative estimate of drug-likeness (QED) is 0.606. The summed E-state index contributed by atoms with van der Waals surface area (Å²) in [6, 6.07) is 28.2. The Morgan fingerprint density at radius 1 is 0.714 bits per heavy atom. The van der Waals surface area contributed by atoms with Crippen LogP contribution in [-0.2, 0) is 0 Å². The standard InChI is InChI=1S/C19H16BrP/c1-15-12-13-18(20)19(14-15)21(16-8-4-2-5-9-16)17-10-6-3-7-11-17/h2-14H,1H3. The lowest BCUT2D eigenvalue weighted by Crippen LogP contribution is -2.21. The molecule has 0 aliphatic rings. The molecule has 21 heavy (non-hydrogen) atoms. The normalized spacial score (nSPS) is 10.8. The van der Waals surface area contributed by atoms with Crippen molar-refractivity contribution in [2.75, 3.05) is 0 Å². The first-order valence-electron chi connectivity index (χ1n) is 6.92. The zero-order valence-electron chi connectivity index (χ0n) is 11.8. The van der Waals surface area contributed by atoms with Crippen molar-refractivity contribution in [3.8, 4) is 0 Å². The summed E-state index contributed by atoms with van der Waals surface area (Å²) in [7, 11) is -0.530. The minimum Gasteiger partial charge on any atom is -0.0622 e. The fraction of sp³-hybridized carbons (Fsp3) is 0.0526. The van der Waals surface area contributed by atoms with E-state index in [1.807, 2.05) is 0 Å². The van der Waals surface area contributed by atoms with Gasteiger partial charge in [-0.3, -0.25) is 0 Å². The van der Waals surface area contributed by atoms with Gasteiger partial charge in [-0.2, -0.15) is 0 Å². The summed E-state index contributed by atoms with van der Waals surface area (Å²) in [6.07, 6.45) is 0. The molecule has 104 valence electrons.